The number of hydrogen-bond donors (Lipinski definition) is 4. The number of aliphatic carboxylic acids is 1. The Morgan fingerprint density at radius 2 is 2.05 bits per heavy atom. The van der Waals surface area contributed by atoms with Gasteiger partial charge in [0.05, 0.1) is 32.5 Å². The number of rotatable bonds is 8. The summed E-state index contributed by atoms with van der Waals surface area (Å²) in [5.74, 6) is -0.973. The lowest BCUT2D eigenvalue weighted by molar-refractivity contribution is -0.136. The second-order valence-corrected chi connectivity index (χ2v) is 9.59. The van der Waals surface area contributed by atoms with Gasteiger partial charge in [0.1, 0.15) is 29.9 Å². The van der Waals surface area contributed by atoms with E-state index >= 15 is 0 Å². The zero-order valence-corrected chi connectivity index (χ0v) is 22.5. The number of aliphatic hydroxyl groups is 1. The van der Waals surface area contributed by atoms with Crippen molar-refractivity contribution in [3.05, 3.63) is 56.9 Å². The number of phenols is 1. The molecule has 0 radical (unpaired) electrons. The fraction of sp³-hybridized carbons (Fsp3) is 0.444. The molecule has 13 nitrogen and oxygen atoms in total. The molecule has 0 unspecified atom stereocenters. The van der Waals surface area contributed by atoms with Crippen molar-refractivity contribution in [3.63, 3.8) is 0 Å². The largest absolute Gasteiger partial charge is 0.507 e. The maximum absolute atomic E-state index is 11.8. The van der Waals surface area contributed by atoms with Crippen molar-refractivity contribution in [2.45, 2.75) is 64.9 Å². The minimum Gasteiger partial charge on any atom is -0.507 e. The van der Waals surface area contributed by atoms with Crippen molar-refractivity contribution < 1.29 is 39.1 Å². The molecule has 0 aliphatic carbocycles. The molecule has 4 heterocycles. The number of H-pyrrole nitrogens is 1. The number of esters is 1. The molecule has 2 aliphatic heterocycles. The number of fused-ring (bicyclic) bond motifs is 2. The van der Waals surface area contributed by atoms with Gasteiger partial charge in [0.15, 0.2) is 11.2 Å². The molecule has 214 valence electrons. The summed E-state index contributed by atoms with van der Waals surface area (Å²) < 4.78 is 17.8. The monoisotopic (exact) mass is 556 g/mol. The molecule has 2 aromatic heterocycles. The zero-order valence-electron chi connectivity index (χ0n) is 22.5. The number of aromatic amines is 1. The summed E-state index contributed by atoms with van der Waals surface area (Å²) in [5.41, 5.74) is 3.60. The molecule has 1 saturated heterocycles. The zero-order chi connectivity index (χ0) is 29.0. The van der Waals surface area contributed by atoms with Crippen molar-refractivity contribution in [1.82, 2.24) is 19.5 Å². The Balaban J connectivity index is 0.000000192. The van der Waals surface area contributed by atoms with Crippen molar-refractivity contribution in [1.29, 1.82) is 0 Å². The van der Waals surface area contributed by atoms with Gasteiger partial charge in [-0.05, 0) is 45.1 Å². The topological polar surface area (TPSA) is 186 Å². The van der Waals surface area contributed by atoms with Crippen LogP contribution in [0.4, 0.5) is 0 Å². The SMILES string of the molecule is COc1c(C)c2c(c(O)c1C/C=C(\C)CCC(=O)O)C(=O)OC2.O=c1[nH]cnc2c1ncn2[C@H]1CC[C@@H](CO)O1. The molecule has 13 heteroatoms. The number of carbonyl (C=O) groups is 2. The van der Waals surface area contributed by atoms with E-state index in [0.717, 1.165) is 24.0 Å². The molecule has 2 atom stereocenters. The highest BCUT2D eigenvalue weighted by Gasteiger charge is 2.32. The quantitative estimate of drug-likeness (QED) is 0.236. The second-order valence-electron chi connectivity index (χ2n) is 9.59. The molecular formula is C27H32N4O9. The number of allylic oxidation sites excluding steroid dienone is 2. The Hall–Kier alpha value is -4.23. The molecule has 3 aromatic rings. The number of imidazole rings is 1. The first-order chi connectivity index (χ1) is 19.2. The summed E-state index contributed by atoms with van der Waals surface area (Å²) >= 11 is 0. The summed E-state index contributed by atoms with van der Waals surface area (Å²) in [4.78, 5) is 44.5. The van der Waals surface area contributed by atoms with Gasteiger partial charge in [0.25, 0.3) is 5.56 Å². The van der Waals surface area contributed by atoms with Gasteiger partial charge in [0, 0.05) is 17.5 Å². The molecule has 5 rings (SSSR count). The van der Waals surface area contributed by atoms with Crippen LogP contribution in [0, 0.1) is 6.92 Å². The van der Waals surface area contributed by atoms with Gasteiger partial charge >= 0.3 is 11.9 Å². The van der Waals surface area contributed by atoms with Crippen molar-refractivity contribution >= 4 is 23.1 Å². The van der Waals surface area contributed by atoms with Crippen LogP contribution in [0.5, 0.6) is 11.5 Å². The van der Waals surface area contributed by atoms with Crippen LogP contribution in [0.25, 0.3) is 11.2 Å². The normalized spacial score (nSPS) is 18.3. The minimum atomic E-state index is -0.853. The third-order valence-corrected chi connectivity index (χ3v) is 7.00. The maximum Gasteiger partial charge on any atom is 0.342 e. The van der Waals surface area contributed by atoms with Crippen molar-refractivity contribution in [2.24, 2.45) is 0 Å². The first-order valence-electron chi connectivity index (χ1n) is 12.8. The van der Waals surface area contributed by atoms with Gasteiger partial charge < -0.3 is 34.5 Å². The lowest BCUT2D eigenvalue weighted by Crippen LogP contribution is -2.14. The van der Waals surface area contributed by atoms with Gasteiger partial charge in [-0.25, -0.2) is 14.8 Å². The Morgan fingerprint density at radius 1 is 1.27 bits per heavy atom. The van der Waals surface area contributed by atoms with Crippen molar-refractivity contribution in [2.75, 3.05) is 13.7 Å². The standard InChI is InChI=1S/C17H20O6.C10H12N4O3/c1-9(5-7-13(18)19)4-6-11-15(20)14-12(8-23-17(14)21)10(2)16(11)22-3;15-3-6-1-2-7(17-6)14-5-13-8-9(14)11-4-12-10(8)16/h4,20H,5-8H2,1-3H3,(H,18,19);4-7,15H,1-3H2,(H,11,12,16)/b9-4+;/t;6-,7+/m.0/s1. The van der Waals surface area contributed by atoms with Gasteiger partial charge in [-0.2, -0.15) is 0 Å². The van der Waals surface area contributed by atoms with E-state index in [1.165, 1.54) is 13.4 Å². The number of carboxylic acid groups (broad SMARTS) is 1. The molecular weight excluding hydrogens is 524 g/mol. The van der Waals surface area contributed by atoms with E-state index in [0.29, 0.717) is 40.9 Å². The van der Waals surface area contributed by atoms with Crippen molar-refractivity contribution in [3.8, 4) is 11.5 Å². The number of benzene rings is 1. The van der Waals surface area contributed by atoms with E-state index in [9.17, 15) is 19.5 Å². The van der Waals surface area contributed by atoms with E-state index < -0.39 is 11.9 Å². The van der Waals surface area contributed by atoms with Crippen LogP contribution in [0.2, 0.25) is 0 Å². The molecule has 0 amide bonds. The third-order valence-electron chi connectivity index (χ3n) is 7.00. The number of cyclic esters (lactones) is 1. The Bertz CT molecular complexity index is 1510. The summed E-state index contributed by atoms with van der Waals surface area (Å²) in [5, 5.41) is 28.2. The van der Waals surface area contributed by atoms with E-state index in [-0.39, 0.29) is 48.8 Å². The van der Waals surface area contributed by atoms with Crippen LogP contribution in [-0.4, -0.2) is 66.6 Å². The van der Waals surface area contributed by atoms with Crippen LogP contribution in [0.15, 0.2) is 29.1 Å². The lowest BCUT2D eigenvalue weighted by Gasteiger charge is -2.15. The number of aliphatic hydroxyl groups excluding tert-OH is 1. The summed E-state index contributed by atoms with van der Waals surface area (Å²) in [7, 11) is 1.51. The fourth-order valence-corrected chi connectivity index (χ4v) is 4.81. The number of phenolic OH excluding ortho intramolecular Hbond substituents is 1. The average molecular weight is 557 g/mol. The maximum atomic E-state index is 11.8. The van der Waals surface area contributed by atoms with Gasteiger partial charge in [-0.1, -0.05) is 11.6 Å². The highest BCUT2D eigenvalue weighted by molar-refractivity contribution is 5.98. The van der Waals surface area contributed by atoms with Crippen LogP contribution < -0.4 is 10.3 Å². The first kappa shape index (κ1) is 28.8. The van der Waals surface area contributed by atoms with E-state index in [1.54, 1.807) is 10.9 Å². The number of carbonyl (C=O) groups excluding carboxylic acids is 1. The van der Waals surface area contributed by atoms with Gasteiger partial charge in [-0.15, -0.1) is 0 Å². The number of nitrogens with zero attached hydrogens (tertiary/aromatic N) is 3. The first-order valence-corrected chi connectivity index (χ1v) is 12.8. The predicted molar refractivity (Wildman–Crippen MR) is 141 cm³/mol. The van der Waals surface area contributed by atoms with E-state index in [1.807, 2.05) is 19.9 Å². The molecule has 0 saturated carbocycles. The minimum absolute atomic E-state index is 0.0111. The third kappa shape index (κ3) is 5.84. The summed E-state index contributed by atoms with van der Waals surface area (Å²) in [6, 6.07) is 0. The molecule has 4 N–H and O–H groups in total. The molecule has 0 bridgehead atoms. The van der Waals surface area contributed by atoms with Crippen LogP contribution >= 0.6 is 0 Å². The summed E-state index contributed by atoms with van der Waals surface area (Å²) in [6.45, 7) is 3.80. The molecule has 2 aliphatic rings. The Morgan fingerprint density at radius 3 is 2.73 bits per heavy atom. The smallest absolute Gasteiger partial charge is 0.342 e. The van der Waals surface area contributed by atoms with E-state index in [4.69, 9.17) is 24.4 Å². The van der Waals surface area contributed by atoms with Crippen LogP contribution in [0.1, 0.15) is 65.9 Å². The fourth-order valence-electron chi connectivity index (χ4n) is 4.81. The number of aromatic hydroxyl groups is 1. The molecule has 1 aromatic carbocycles. The average Bonchev–Trinajstić information content (AvgIpc) is 3.67. The second kappa shape index (κ2) is 12.3. The number of carboxylic acids is 1. The number of ether oxygens (including phenoxy) is 3. The Kier molecular flexibility index (Phi) is 8.85. The van der Waals surface area contributed by atoms with Crippen LogP contribution in [0.3, 0.4) is 0 Å². The van der Waals surface area contributed by atoms with Gasteiger partial charge in [0.2, 0.25) is 0 Å². The lowest BCUT2D eigenvalue weighted by atomic mass is 9.94. The van der Waals surface area contributed by atoms with E-state index in [2.05, 4.69) is 15.0 Å². The predicted octanol–water partition coefficient (Wildman–Crippen LogP) is 2.52. The Labute approximate surface area is 229 Å². The number of nitrogens with one attached hydrogen (secondary N) is 1. The highest BCUT2D eigenvalue weighted by atomic mass is 16.5. The summed E-state index contributed by atoms with van der Waals surface area (Å²) in [6.07, 6.45) is 6.82. The number of methoxy groups -OCH3 is 1. The van der Waals surface area contributed by atoms with Gasteiger partial charge in [-0.3, -0.25) is 14.2 Å². The number of aromatic nitrogens is 4. The molecule has 1 fully saturated rings. The molecule has 40 heavy (non-hydrogen) atoms. The van der Waals surface area contributed by atoms with Crippen LogP contribution in [-0.2, 0) is 27.3 Å². The molecule has 0 spiro atoms. The highest BCUT2D eigenvalue weighted by Crippen LogP contribution is 2.42. The number of hydrogen-bond acceptors (Lipinski definition) is 10.